The Bertz CT molecular complexity index is 909. The number of fused-ring (bicyclic) bond motifs is 2. The molecule has 2 aromatic carbocycles. The molecule has 0 saturated carbocycles. The molecule has 0 radical (unpaired) electrons. The molecule has 0 saturated heterocycles. The predicted octanol–water partition coefficient (Wildman–Crippen LogP) is 2.34. The highest BCUT2D eigenvalue weighted by Gasteiger charge is 2.40. The number of benzene rings is 2. The molecule has 2 heterocycles. The highest BCUT2D eigenvalue weighted by atomic mass is 16.2. The zero-order chi connectivity index (χ0) is 18.3. The van der Waals surface area contributed by atoms with E-state index < -0.39 is 6.04 Å². The van der Waals surface area contributed by atoms with Crippen molar-refractivity contribution in [1.82, 2.24) is 0 Å². The number of nitrogens with one attached hydrogen (secondary N) is 1. The molecule has 2 aliphatic heterocycles. The third-order valence-corrected chi connectivity index (χ3v) is 4.90. The van der Waals surface area contributed by atoms with E-state index in [9.17, 15) is 14.4 Å². The molecule has 2 aliphatic rings. The quantitative estimate of drug-likeness (QED) is 0.859. The van der Waals surface area contributed by atoms with Crippen LogP contribution < -0.4 is 15.1 Å². The van der Waals surface area contributed by atoms with Crippen molar-refractivity contribution in [2.45, 2.75) is 25.8 Å². The Kier molecular flexibility index (Phi) is 3.95. The molecule has 0 bridgehead atoms. The summed E-state index contributed by atoms with van der Waals surface area (Å²) in [6, 6.07) is 14.3. The third-order valence-electron chi connectivity index (χ3n) is 4.90. The molecule has 6 heteroatoms. The van der Waals surface area contributed by atoms with Crippen LogP contribution in [-0.2, 0) is 20.8 Å². The van der Waals surface area contributed by atoms with Gasteiger partial charge in [0.2, 0.25) is 11.8 Å². The lowest BCUT2D eigenvalue weighted by Crippen LogP contribution is -2.49. The number of hydrogen-bond acceptors (Lipinski definition) is 3. The molecule has 4 rings (SSSR count). The minimum Gasteiger partial charge on any atom is -0.324 e. The number of carbonyl (C=O) groups is 3. The van der Waals surface area contributed by atoms with Gasteiger partial charge < -0.3 is 10.2 Å². The maximum absolute atomic E-state index is 13.4. The molecule has 2 aromatic rings. The van der Waals surface area contributed by atoms with Gasteiger partial charge >= 0.3 is 0 Å². The number of nitrogens with zero attached hydrogens (tertiary/aromatic N) is 2. The third kappa shape index (κ3) is 2.63. The van der Waals surface area contributed by atoms with Gasteiger partial charge in [-0.3, -0.25) is 19.3 Å². The number of rotatable bonds is 1. The Hall–Kier alpha value is -3.15. The van der Waals surface area contributed by atoms with Crippen LogP contribution in [0.2, 0.25) is 0 Å². The van der Waals surface area contributed by atoms with Crippen LogP contribution in [0.4, 0.5) is 17.1 Å². The zero-order valence-corrected chi connectivity index (χ0v) is 14.4. The monoisotopic (exact) mass is 349 g/mol. The predicted molar refractivity (Wildman–Crippen MR) is 99.1 cm³/mol. The van der Waals surface area contributed by atoms with Gasteiger partial charge in [-0.2, -0.15) is 0 Å². The number of anilines is 3. The van der Waals surface area contributed by atoms with Crippen molar-refractivity contribution in [1.29, 1.82) is 0 Å². The van der Waals surface area contributed by atoms with Gasteiger partial charge in [0, 0.05) is 32.0 Å². The van der Waals surface area contributed by atoms with Crippen LogP contribution in [0, 0.1) is 0 Å². The fourth-order valence-electron chi connectivity index (χ4n) is 3.74. The normalized spacial score (nSPS) is 18.7. The van der Waals surface area contributed by atoms with E-state index in [0.29, 0.717) is 24.3 Å². The topological polar surface area (TPSA) is 69.7 Å². The van der Waals surface area contributed by atoms with Crippen molar-refractivity contribution >= 4 is 34.8 Å². The largest absolute Gasteiger partial charge is 0.324 e. The standard InChI is InChI=1S/C20H19N3O3/c1-13(24)23-16-8-4-2-6-14(16)12-18(23)20(26)22-11-10-19(25)21-15-7-3-5-9-17(15)22/h2-9,18H,10-12H2,1H3,(H,21,25)/t18-/m0/s1. The van der Waals surface area contributed by atoms with Gasteiger partial charge in [0.25, 0.3) is 5.91 Å². The van der Waals surface area contributed by atoms with Gasteiger partial charge in [0.05, 0.1) is 11.4 Å². The van der Waals surface area contributed by atoms with Crippen LogP contribution in [0.1, 0.15) is 18.9 Å². The van der Waals surface area contributed by atoms with Gasteiger partial charge in [-0.25, -0.2) is 0 Å². The molecule has 0 aliphatic carbocycles. The average Bonchev–Trinajstić information content (AvgIpc) is 2.94. The molecule has 0 spiro atoms. The van der Waals surface area contributed by atoms with Crippen LogP contribution in [-0.4, -0.2) is 30.3 Å². The molecule has 0 fully saturated rings. The second kappa shape index (κ2) is 6.29. The summed E-state index contributed by atoms with van der Waals surface area (Å²) in [6.45, 7) is 1.77. The fourth-order valence-corrected chi connectivity index (χ4v) is 3.74. The Balaban J connectivity index is 1.72. The maximum Gasteiger partial charge on any atom is 0.250 e. The van der Waals surface area contributed by atoms with Gasteiger partial charge in [0.15, 0.2) is 0 Å². The lowest BCUT2D eigenvalue weighted by molar-refractivity contribution is -0.123. The molecule has 0 unspecified atom stereocenters. The fraction of sp³-hybridized carbons (Fsp3) is 0.250. The Morgan fingerprint density at radius 2 is 1.73 bits per heavy atom. The van der Waals surface area contributed by atoms with Crippen molar-refractivity contribution in [3.63, 3.8) is 0 Å². The van der Waals surface area contributed by atoms with E-state index in [1.807, 2.05) is 42.5 Å². The molecule has 132 valence electrons. The Morgan fingerprint density at radius 1 is 1.04 bits per heavy atom. The summed E-state index contributed by atoms with van der Waals surface area (Å²) in [5.74, 6) is -0.447. The number of hydrogen-bond donors (Lipinski definition) is 1. The van der Waals surface area contributed by atoms with Crippen molar-refractivity contribution in [3.8, 4) is 0 Å². The van der Waals surface area contributed by atoms with Crippen molar-refractivity contribution in [2.75, 3.05) is 21.7 Å². The van der Waals surface area contributed by atoms with Crippen LogP contribution in [0.15, 0.2) is 48.5 Å². The van der Waals surface area contributed by atoms with E-state index >= 15 is 0 Å². The molecule has 0 aromatic heterocycles. The second-order valence-corrected chi connectivity index (χ2v) is 6.54. The van der Waals surface area contributed by atoms with Crippen LogP contribution in [0.3, 0.4) is 0 Å². The Morgan fingerprint density at radius 3 is 2.50 bits per heavy atom. The van der Waals surface area contributed by atoms with Crippen molar-refractivity contribution in [2.24, 2.45) is 0 Å². The molecule has 3 amide bonds. The zero-order valence-electron chi connectivity index (χ0n) is 14.4. The summed E-state index contributed by atoms with van der Waals surface area (Å²) in [5, 5.41) is 2.84. The van der Waals surface area contributed by atoms with E-state index in [1.54, 1.807) is 15.9 Å². The molecular formula is C20H19N3O3. The minimum absolute atomic E-state index is 0.120. The van der Waals surface area contributed by atoms with Gasteiger partial charge in [0.1, 0.15) is 6.04 Å². The highest BCUT2D eigenvalue weighted by Crippen LogP contribution is 2.35. The maximum atomic E-state index is 13.4. The molecule has 1 N–H and O–H groups in total. The highest BCUT2D eigenvalue weighted by molar-refractivity contribution is 6.10. The van der Waals surface area contributed by atoms with Gasteiger partial charge in [-0.05, 0) is 23.8 Å². The van der Waals surface area contributed by atoms with E-state index in [0.717, 1.165) is 11.3 Å². The van der Waals surface area contributed by atoms with Crippen LogP contribution >= 0.6 is 0 Å². The van der Waals surface area contributed by atoms with Gasteiger partial charge in [-0.15, -0.1) is 0 Å². The first-order valence-corrected chi connectivity index (χ1v) is 8.64. The summed E-state index contributed by atoms with van der Waals surface area (Å²) in [5.41, 5.74) is 3.06. The van der Waals surface area contributed by atoms with E-state index in [-0.39, 0.29) is 24.1 Å². The summed E-state index contributed by atoms with van der Waals surface area (Å²) in [6.07, 6.45) is 0.703. The van der Waals surface area contributed by atoms with E-state index in [4.69, 9.17) is 0 Å². The van der Waals surface area contributed by atoms with Crippen LogP contribution in [0.5, 0.6) is 0 Å². The van der Waals surface area contributed by atoms with E-state index in [1.165, 1.54) is 6.92 Å². The second-order valence-electron chi connectivity index (χ2n) is 6.54. The first-order chi connectivity index (χ1) is 12.6. The average molecular weight is 349 g/mol. The molecule has 26 heavy (non-hydrogen) atoms. The summed E-state index contributed by atoms with van der Waals surface area (Å²) >= 11 is 0. The summed E-state index contributed by atoms with van der Waals surface area (Å²) < 4.78 is 0. The number of amides is 3. The van der Waals surface area contributed by atoms with Crippen molar-refractivity contribution < 1.29 is 14.4 Å². The minimum atomic E-state index is -0.592. The number of para-hydroxylation sites is 3. The van der Waals surface area contributed by atoms with Crippen LogP contribution in [0.25, 0.3) is 0 Å². The number of carbonyl (C=O) groups excluding carboxylic acids is 3. The lowest BCUT2D eigenvalue weighted by atomic mass is 10.1. The summed E-state index contributed by atoms with van der Waals surface area (Å²) in [4.78, 5) is 40.8. The first-order valence-electron chi connectivity index (χ1n) is 8.64. The molecular weight excluding hydrogens is 330 g/mol. The Labute approximate surface area is 151 Å². The molecule has 1 atom stereocenters. The lowest BCUT2D eigenvalue weighted by Gasteiger charge is -2.30. The molecule has 6 nitrogen and oxygen atoms in total. The summed E-state index contributed by atoms with van der Waals surface area (Å²) in [7, 11) is 0. The smallest absolute Gasteiger partial charge is 0.250 e. The first kappa shape index (κ1) is 16.3. The van der Waals surface area contributed by atoms with Gasteiger partial charge in [-0.1, -0.05) is 30.3 Å². The van der Waals surface area contributed by atoms with Crippen molar-refractivity contribution in [3.05, 3.63) is 54.1 Å². The SMILES string of the molecule is CC(=O)N1c2ccccc2C[C@H]1C(=O)N1CCC(=O)Nc2ccccc21. The van der Waals surface area contributed by atoms with E-state index in [2.05, 4.69) is 5.32 Å².